The van der Waals surface area contributed by atoms with Crippen molar-refractivity contribution in [2.45, 2.75) is 34.2 Å². The summed E-state index contributed by atoms with van der Waals surface area (Å²) >= 11 is 0. The zero-order valence-electron chi connectivity index (χ0n) is 17.9. The average Bonchev–Trinajstić information content (AvgIpc) is 3.09. The molecule has 0 aliphatic heterocycles. The Hall–Kier alpha value is -3.41. The minimum Gasteiger partial charge on any atom is -0.337 e. The zero-order chi connectivity index (χ0) is 21.8. The predicted molar refractivity (Wildman–Crippen MR) is 119 cm³/mol. The fourth-order valence-corrected chi connectivity index (χ4v) is 3.50. The molecular formula is C24H27N3O3. The molecule has 3 aromatic rings. The van der Waals surface area contributed by atoms with Gasteiger partial charge >= 0.3 is 0 Å². The van der Waals surface area contributed by atoms with E-state index in [0.29, 0.717) is 24.0 Å². The minimum atomic E-state index is -0.553. The largest absolute Gasteiger partial charge is 0.337 e. The van der Waals surface area contributed by atoms with Crippen molar-refractivity contribution < 1.29 is 14.4 Å². The quantitative estimate of drug-likeness (QED) is 0.478. The molecule has 0 saturated carbocycles. The number of hydrogen-bond acceptors (Lipinski definition) is 3. The van der Waals surface area contributed by atoms with Gasteiger partial charge in [-0.1, -0.05) is 24.3 Å². The summed E-state index contributed by atoms with van der Waals surface area (Å²) in [5, 5.41) is 3.57. The second kappa shape index (κ2) is 8.95. The van der Waals surface area contributed by atoms with E-state index in [1.807, 2.05) is 64.1 Å². The van der Waals surface area contributed by atoms with Crippen molar-refractivity contribution in [2.75, 3.05) is 18.4 Å². The first kappa shape index (κ1) is 21.3. The molecule has 3 rings (SSSR count). The molecule has 0 fully saturated rings. The molecule has 2 aromatic carbocycles. The lowest BCUT2D eigenvalue weighted by Crippen LogP contribution is -2.36. The number of anilines is 1. The van der Waals surface area contributed by atoms with Gasteiger partial charge in [0.25, 0.3) is 11.7 Å². The Bertz CT molecular complexity index is 1110. The zero-order valence-corrected chi connectivity index (χ0v) is 17.9. The summed E-state index contributed by atoms with van der Waals surface area (Å²) in [4.78, 5) is 39.6. The van der Waals surface area contributed by atoms with Crippen molar-refractivity contribution >= 4 is 34.2 Å². The van der Waals surface area contributed by atoms with E-state index < -0.39 is 11.7 Å². The van der Waals surface area contributed by atoms with Crippen LogP contribution in [0.4, 0.5) is 5.69 Å². The van der Waals surface area contributed by atoms with Crippen LogP contribution in [0, 0.1) is 13.8 Å². The van der Waals surface area contributed by atoms with Crippen LogP contribution < -0.4 is 5.32 Å². The molecule has 0 aliphatic carbocycles. The van der Waals surface area contributed by atoms with Crippen molar-refractivity contribution in [1.82, 2.24) is 9.47 Å². The number of amides is 2. The topological polar surface area (TPSA) is 71.4 Å². The van der Waals surface area contributed by atoms with Gasteiger partial charge in [-0.05, 0) is 57.0 Å². The number of para-hydroxylation sites is 1. The Morgan fingerprint density at radius 2 is 1.67 bits per heavy atom. The molecule has 2 amide bonds. The van der Waals surface area contributed by atoms with Gasteiger partial charge in [-0.2, -0.15) is 0 Å². The van der Waals surface area contributed by atoms with Crippen molar-refractivity contribution in [2.24, 2.45) is 0 Å². The smallest absolute Gasteiger partial charge is 0.295 e. The molecule has 0 saturated heterocycles. The highest BCUT2D eigenvalue weighted by Crippen LogP contribution is 2.23. The normalized spacial score (nSPS) is 10.8. The van der Waals surface area contributed by atoms with Crippen molar-refractivity contribution in [3.05, 3.63) is 65.4 Å². The molecule has 0 bridgehead atoms. The van der Waals surface area contributed by atoms with Crippen LogP contribution in [0.1, 0.15) is 35.3 Å². The van der Waals surface area contributed by atoms with Gasteiger partial charge in [0.05, 0.1) is 5.56 Å². The second-order valence-electron chi connectivity index (χ2n) is 7.34. The molecule has 0 unspecified atom stereocenters. The fourth-order valence-electron chi connectivity index (χ4n) is 3.50. The fraction of sp³-hybridized carbons (Fsp3) is 0.292. The van der Waals surface area contributed by atoms with E-state index in [1.54, 1.807) is 16.8 Å². The number of aryl methyl sites for hydroxylation is 2. The lowest BCUT2D eigenvalue weighted by atomic mass is 10.1. The standard InChI is InChI=1S/C24H27N3O3/c1-5-26(6-2)24(30)23(29)20-14-27(21-10-8-7-9-19(20)21)15-22(28)25-18-12-11-16(3)17(4)13-18/h7-14H,5-6,15H2,1-4H3,(H,25,28). The van der Waals surface area contributed by atoms with Crippen LogP contribution in [0.15, 0.2) is 48.7 Å². The number of fused-ring (bicyclic) bond motifs is 1. The number of benzene rings is 2. The number of hydrogen-bond donors (Lipinski definition) is 1. The molecular weight excluding hydrogens is 378 g/mol. The Balaban J connectivity index is 1.88. The van der Waals surface area contributed by atoms with Gasteiger partial charge in [-0.3, -0.25) is 14.4 Å². The molecule has 0 atom stereocenters. The molecule has 6 heteroatoms. The number of nitrogens with one attached hydrogen (secondary N) is 1. The SMILES string of the molecule is CCN(CC)C(=O)C(=O)c1cn(CC(=O)Nc2ccc(C)c(C)c2)c2ccccc12. The molecule has 1 aromatic heterocycles. The average molecular weight is 405 g/mol. The van der Waals surface area contributed by atoms with Crippen molar-refractivity contribution in [1.29, 1.82) is 0 Å². The van der Waals surface area contributed by atoms with Gasteiger partial charge in [-0.15, -0.1) is 0 Å². The first-order chi connectivity index (χ1) is 14.3. The van der Waals surface area contributed by atoms with E-state index in [0.717, 1.165) is 22.3 Å². The van der Waals surface area contributed by atoms with Crippen LogP contribution in [0.5, 0.6) is 0 Å². The predicted octanol–water partition coefficient (Wildman–Crippen LogP) is 3.95. The number of aromatic nitrogens is 1. The van der Waals surface area contributed by atoms with Gasteiger partial charge in [0, 0.05) is 35.9 Å². The number of nitrogens with zero attached hydrogens (tertiary/aromatic N) is 2. The third-order valence-corrected chi connectivity index (χ3v) is 5.38. The number of Topliss-reactive ketones (excluding diaryl/α,β-unsaturated/α-hetero) is 1. The maximum atomic E-state index is 12.9. The van der Waals surface area contributed by atoms with E-state index >= 15 is 0 Å². The molecule has 156 valence electrons. The van der Waals surface area contributed by atoms with E-state index in [4.69, 9.17) is 0 Å². The molecule has 6 nitrogen and oxygen atoms in total. The molecule has 30 heavy (non-hydrogen) atoms. The number of likely N-dealkylation sites (N-methyl/N-ethyl adjacent to an activating group) is 1. The summed E-state index contributed by atoms with van der Waals surface area (Å²) in [5.41, 5.74) is 4.05. The van der Waals surface area contributed by atoms with E-state index in [-0.39, 0.29) is 12.5 Å². The summed E-state index contributed by atoms with van der Waals surface area (Å²) in [7, 11) is 0. The molecule has 1 N–H and O–H groups in total. The van der Waals surface area contributed by atoms with Crippen LogP contribution >= 0.6 is 0 Å². The summed E-state index contributed by atoms with van der Waals surface area (Å²) in [6.07, 6.45) is 1.61. The monoisotopic (exact) mass is 405 g/mol. The Labute approximate surface area is 176 Å². The molecule has 0 radical (unpaired) electrons. The summed E-state index contributed by atoms with van der Waals surface area (Å²) in [6, 6.07) is 13.1. The molecule has 1 heterocycles. The van der Waals surface area contributed by atoms with Crippen LogP contribution in [0.2, 0.25) is 0 Å². The number of carbonyl (C=O) groups is 3. The van der Waals surface area contributed by atoms with Crippen LogP contribution in [-0.4, -0.2) is 40.2 Å². The number of ketones is 1. The highest BCUT2D eigenvalue weighted by Gasteiger charge is 2.25. The maximum absolute atomic E-state index is 12.9. The summed E-state index contributed by atoms with van der Waals surface area (Å²) in [5.74, 6) is -1.28. The lowest BCUT2D eigenvalue weighted by Gasteiger charge is -2.17. The van der Waals surface area contributed by atoms with Crippen LogP contribution in [0.3, 0.4) is 0 Å². The third-order valence-electron chi connectivity index (χ3n) is 5.38. The van der Waals surface area contributed by atoms with Gasteiger partial charge in [-0.25, -0.2) is 0 Å². The van der Waals surface area contributed by atoms with Gasteiger partial charge in [0.2, 0.25) is 5.91 Å². The van der Waals surface area contributed by atoms with Gasteiger partial charge < -0.3 is 14.8 Å². The van der Waals surface area contributed by atoms with Crippen LogP contribution in [-0.2, 0) is 16.1 Å². The number of rotatable bonds is 7. The molecule has 0 aliphatic rings. The summed E-state index contributed by atoms with van der Waals surface area (Å²) < 4.78 is 1.72. The number of carbonyl (C=O) groups excluding carboxylic acids is 3. The second-order valence-corrected chi connectivity index (χ2v) is 7.34. The minimum absolute atomic E-state index is 0.0418. The third kappa shape index (κ3) is 4.27. The Morgan fingerprint density at radius 3 is 2.33 bits per heavy atom. The van der Waals surface area contributed by atoms with Crippen LogP contribution in [0.25, 0.3) is 10.9 Å². The molecule has 0 spiro atoms. The van der Waals surface area contributed by atoms with Crippen molar-refractivity contribution in [3.8, 4) is 0 Å². The highest BCUT2D eigenvalue weighted by molar-refractivity contribution is 6.44. The first-order valence-corrected chi connectivity index (χ1v) is 10.1. The highest BCUT2D eigenvalue weighted by atomic mass is 16.2. The van der Waals surface area contributed by atoms with E-state index in [9.17, 15) is 14.4 Å². The maximum Gasteiger partial charge on any atom is 0.295 e. The Kier molecular flexibility index (Phi) is 6.35. The van der Waals surface area contributed by atoms with Gasteiger partial charge in [0.1, 0.15) is 6.54 Å². The first-order valence-electron chi connectivity index (χ1n) is 10.1. The summed E-state index contributed by atoms with van der Waals surface area (Å²) in [6.45, 7) is 8.68. The van der Waals surface area contributed by atoms with Crippen molar-refractivity contribution in [3.63, 3.8) is 0 Å². The van der Waals surface area contributed by atoms with E-state index in [2.05, 4.69) is 5.32 Å². The van der Waals surface area contributed by atoms with Gasteiger partial charge in [0.15, 0.2) is 0 Å². The van der Waals surface area contributed by atoms with E-state index in [1.165, 1.54) is 4.90 Å². The Morgan fingerprint density at radius 1 is 0.967 bits per heavy atom. The lowest BCUT2D eigenvalue weighted by molar-refractivity contribution is -0.126.